The van der Waals surface area contributed by atoms with Crippen molar-refractivity contribution in [2.45, 2.75) is 33.1 Å². The van der Waals surface area contributed by atoms with Crippen molar-refractivity contribution in [3.05, 3.63) is 35.9 Å². The first kappa shape index (κ1) is 20.0. The number of carboxylic acid groups (broad SMARTS) is 1. The minimum atomic E-state index is -0.735. The van der Waals surface area contributed by atoms with Gasteiger partial charge in [-0.3, -0.25) is 14.6 Å². The zero-order chi connectivity index (χ0) is 17.8. The third kappa shape index (κ3) is 8.02. The van der Waals surface area contributed by atoms with E-state index >= 15 is 0 Å². The van der Waals surface area contributed by atoms with Crippen molar-refractivity contribution in [1.82, 2.24) is 4.90 Å². The molecule has 0 aliphatic rings. The summed E-state index contributed by atoms with van der Waals surface area (Å²) >= 11 is 0. The highest BCUT2D eigenvalue weighted by Crippen LogP contribution is 2.07. The van der Waals surface area contributed by atoms with Crippen molar-refractivity contribution in [1.29, 1.82) is 0 Å². The highest BCUT2D eigenvalue weighted by Gasteiger charge is 2.11. The standard InChI is InChI=1S/C19H28N2O3/c1-3-12-21(13-7-8-16(2)19(23)24)14-11-20-15-18(22)17-9-5-4-6-10-17/h4-6,9-10,15-16H,3,7-8,11-14H2,1-2H3,(H,23,24)/t16-/m0/s1. The summed E-state index contributed by atoms with van der Waals surface area (Å²) in [5.41, 5.74) is 0.648. The third-order valence-corrected chi connectivity index (χ3v) is 3.89. The average molecular weight is 332 g/mol. The zero-order valence-corrected chi connectivity index (χ0v) is 14.6. The molecule has 0 spiro atoms. The number of aliphatic imine (C=N–C) groups is 1. The van der Waals surface area contributed by atoms with Gasteiger partial charge in [-0.1, -0.05) is 44.2 Å². The Kier molecular flexibility index (Phi) is 9.61. The van der Waals surface area contributed by atoms with Gasteiger partial charge >= 0.3 is 5.97 Å². The fourth-order valence-electron chi connectivity index (χ4n) is 2.42. The summed E-state index contributed by atoms with van der Waals surface area (Å²) in [6.07, 6.45) is 3.98. The Morgan fingerprint density at radius 1 is 1.21 bits per heavy atom. The summed E-state index contributed by atoms with van der Waals surface area (Å²) in [4.78, 5) is 29.2. The van der Waals surface area contributed by atoms with Crippen LogP contribution in [0.5, 0.6) is 0 Å². The SMILES string of the molecule is CCCN(CCC[C@H](C)C(=O)O)CCN=CC(=O)c1ccccc1. The molecule has 0 radical (unpaired) electrons. The van der Waals surface area contributed by atoms with Crippen LogP contribution in [0, 0.1) is 5.92 Å². The number of carbonyl (C=O) groups excluding carboxylic acids is 1. The molecule has 5 heteroatoms. The van der Waals surface area contributed by atoms with Crippen molar-refractivity contribution in [3.63, 3.8) is 0 Å². The quantitative estimate of drug-likeness (QED) is 0.471. The molecule has 0 aromatic heterocycles. The maximum absolute atomic E-state index is 11.9. The van der Waals surface area contributed by atoms with Crippen LogP contribution in [0.4, 0.5) is 0 Å². The maximum Gasteiger partial charge on any atom is 0.306 e. The largest absolute Gasteiger partial charge is 0.481 e. The molecule has 1 atom stereocenters. The van der Waals surface area contributed by atoms with Gasteiger partial charge in [-0.25, -0.2) is 0 Å². The van der Waals surface area contributed by atoms with Crippen molar-refractivity contribution in [2.75, 3.05) is 26.2 Å². The van der Waals surface area contributed by atoms with Crippen molar-refractivity contribution in [2.24, 2.45) is 10.9 Å². The van der Waals surface area contributed by atoms with E-state index < -0.39 is 5.97 Å². The van der Waals surface area contributed by atoms with E-state index in [1.807, 2.05) is 18.2 Å². The van der Waals surface area contributed by atoms with E-state index in [1.165, 1.54) is 6.21 Å². The fraction of sp³-hybridized carbons (Fsp3) is 0.526. The van der Waals surface area contributed by atoms with E-state index in [9.17, 15) is 9.59 Å². The lowest BCUT2D eigenvalue weighted by Gasteiger charge is -2.21. The number of benzene rings is 1. The Hall–Kier alpha value is -2.01. The minimum Gasteiger partial charge on any atom is -0.481 e. The number of hydrogen-bond donors (Lipinski definition) is 1. The summed E-state index contributed by atoms with van der Waals surface area (Å²) in [6.45, 7) is 7.05. The second-order valence-corrected chi connectivity index (χ2v) is 5.99. The lowest BCUT2D eigenvalue weighted by molar-refractivity contribution is -0.141. The van der Waals surface area contributed by atoms with Crippen molar-refractivity contribution in [3.8, 4) is 0 Å². The van der Waals surface area contributed by atoms with Gasteiger partial charge in [-0.15, -0.1) is 0 Å². The molecule has 0 unspecified atom stereocenters. The summed E-state index contributed by atoms with van der Waals surface area (Å²) in [5, 5.41) is 8.91. The monoisotopic (exact) mass is 332 g/mol. The van der Waals surface area contributed by atoms with E-state index in [0.717, 1.165) is 32.5 Å². The maximum atomic E-state index is 11.9. The van der Waals surface area contributed by atoms with E-state index in [-0.39, 0.29) is 11.7 Å². The number of rotatable bonds is 12. The molecule has 5 nitrogen and oxygen atoms in total. The topological polar surface area (TPSA) is 70.0 Å². The van der Waals surface area contributed by atoms with Crippen LogP contribution in [-0.4, -0.2) is 54.2 Å². The van der Waals surface area contributed by atoms with E-state index in [2.05, 4.69) is 16.8 Å². The van der Waals surface area contributed by atoms with Crippen LogP contribution < -0.4 is 0 Å². The average Bonchev–Trinajstić information content (AvgIpc) is 2.58. The Bertz CT molecular complexity index is 529. The van der Waals surface area contributed by atoms with Crippen molar-refractivity contribution >= 4 is 18.0 Å². The summed E-state index contributed by atoms with van der Waals surface area (Å²) in [7, 11) is 0. The van der Waals surface area contributed by atoms with E-state index in [0.29, 0.717) is 18.5 Å². The molecule has 0 saturated carbocycles. The summed E-state index contributed by atoms with van der Waals surface area (Å²) in [5.74, 6) is -1.11. The van der Waals surface area contributed by atoms with Crippen LogP contribution >= 0.6 is 0 Å². The van der Waals surface area contributed by atoms with E-state index in [4.69, 9.17) is 5.11 Å². The molecule has 0 heterocycles. The lowest BCUT2D eigenvalue weighted by Crippen LogP contribution is -2.29. The number of ketones is 1. The second kappa shape index (κ2) is 11.5. The van der Waals surface area contributed by atoms with Gasteiger partial charge in [0, 0.05) is 12.1 Å². The van der Waals surface area contributed by atoms with Gasteiger partial charge in [0.2, 0.25) is 5.78 Å². The second-order valence-electron chi connectivity index (χ2n) is 5.99. The van der Waals surface area contributed by atoms with Crippen LogP contribution in [0.1, 0.15) is 43.5 Å². The van der Waals surface area contributed by atoms with Crippen LogP contribution in [0.3, 0.4) is 0 Å². The third-order valence-electron chi connectivity index (χ3n) is 3.89. The smallest absolute Gasteiger partial charge is 0.306 e. The molecule has 0 saturated heterocycles. The first-order valence-electron chi connectivity index (χ1n) is 8.59. The summed E-state index contributed by atoms with van der Waals surface area (Å²) < 4.78 is 0. The number of carboxylic acids is 1. The highest BCUT2D eigenvalue weighted by atomic mass is 16.4. The van der Waals surface area contributed by atoms with Gasteiger partial charge in [-0.2, -0.15) is 0 Å². The number of carbonyl (C=O) groups is 2. The van der Waals surface area contributed by atoms with Gasteiger partial charge in [0.25, 0.3) is 0 Å². The van der Waals surface area contributed by atoms with Gasteiger partial charge in [0.15, 0.2) is 0 Å². The normalized spacial score (nSPS) is 12.6. The van der Waals surface area contributed by atoms with Crippen LogP contribution in [0.2, 0.25) is 0 Å². The molecule has 0 aliphatic heterocycles. The molecule has 0 amide bonds. The highest BCUT2D eigenvalue weighted by molar-refractivity contribution is 6.35. The molecule has 0 fully saturated rings. The van der Waals surface area contributed by atoms with E-state index in [1.54, 1.807) is 19.1 Å². The Morgan fingerprint density at radius 3 is 2.54 bits per heavy atom. The number of aliphatic carboxylic acids is 1. The predicted molar refractivity (Wildman–Crippen MR) is 96.9 cm³/mol. The zero-order valence-electron chi connectivity index (χ0n) is 14.6. The minimum absolute atomic E-state index is 0.0760. The number of hydrogen-bond acceptors (Lipinski definition) is 4. The number of nitrogens with zero attached hydrogens (tertiary/aromatic N) is 2. The van der Waals surface area contributed by atoms with Crippen LogP contribution in [-0.2, 0) is 4.79 Å². The van der Waals surface area contributed by atoms with Gasteiger partial charge in [0.05, 0.1) is 18.7 Å². The molecule has 1 rings (SSSR count). The lowest BCUT2D eigenvalue weighted by atomic mass is 10.1. The molecular formula is C19H28N2O3. The Labute approximate surface area is 144 Å². The van der Waals surface area contributed by atoms with Crippen molar-refractivity contribution < 1.29 is 14.7 Å². The first-order chi connectivity index (χ1) is 11.5. The summed E-state index contributed by atoms with van der Waals surface area (Å²) in [6, 6.07) is 9.11. The Balaban J connectivity index is 2.33. The van der Waals surface area contributed by atoms with Gasteiger partial charge in [-0.05, 0) is 32.4 Å². The molecule has 0 aliphatic carbocycles. The molecular weight excluding hydrogens is 304 g/mol. The molecule has 24 heavy (non-hydrogen) atoms. The van der Waals surface area contributed by atoms with Crippen LogP contribution in [0.15, 0.2) is 35.3 Å². The molecule has 132 valence electrons. The first-order valence-corrected chi connectivity index (χ1v) is 8.59. The molecule has 1 N–H and O–H groups in total. The number of Topliss-reactive ketones (excluding diaryl/α,β-unsaturated/α-hetero) is 1. The molecule has 0 bridgehead atoms. The van der Waals surface area contributed by atoms with Gasteiger partial charge < -0.3 is 10.0 Å². The fourth-order valence-corrected chi connectivity index (χ4v) is 2.42. The predicted octanol–water partition coefficient (Wildman–Crippen LogP) is 3.15. The molecule has 1 aromatic rings. The molecule has 1 aromatic carbocycles. The van der Waals surface area contributed by atoms with Gasteiger partial charge in [0.1, 0.15) is 0 Å². The van der Waals surface area contributed by atoms with Crippen LogP contribution in [0.25, 0.3) is 0 Å². The Morgan fingerprint density at radius 2 is 1.92 bits per heavy atom.